The van der Waals surface area contributed by atoms with Gasteiger partial charge in [0.25, 0.3) is 0 Å². The van der Waals surface area contributed by atoms with Crippen molar-refractivity contribution < 1.29 is 9.53 Å². The van der Waals surface area contributed by atoms with E-state index >= 15 is 0 Å². The van der Waals surface area contributed by atoms with Crippen LogP contribution in [0.25, 0.3) is 0 Å². The SMILES string of the molecule is CCC(N(C)C(=O)OC(C)(C)CC)C1(C)CC1. The molecule has 1 atom stereocenters. The molecule has 1 fully saturated rings. The minimum Gasteiger partial charge on any atom is -0.443 e. The zero-order chi connectivity index (χ0) is 13.3. The first-order valence-electron chi connectivity index (χ1n) is 6.71. The van der Waals surface area contributed by atoms with Gasteiger partial charge in [-0.25, -0.2) is 4.79 Å². The molecule has 1 aliphatic carbocycles. The Morgan fingerprint density at radius 3 is 2.29 bits per heavy atom. The number of nitrogens with zero attached hydrogens (tertiary/aromatic N) is 1. The van der Waals surface area contributed by atoms with Gasteiger partial charge < -0.3 is 9.64 Å². The third-order valence-corrected chi connectivity index (χ3v) is 4.20. The molecule has 1 saturated carbocycles. The number of rotatable bonds is 5. The Morgan fingerprint density at radius 2 is 1.94 bits per heavy atom. The fourth-order valence-corrected chi connectivity index (χ4v) is 2.27. The second-order valence-electron chi connectivity index (χ2n) is 6.17. The summed E-state index contributed by atoms with van der Waals surface area (Å²) in [5.41, 5.74) is -0.0486. The van der Waals surface area contributed by atoms with Crippen LogP contribution in [0.15, 0.2) is 0 Å². The number of ether oxygens (including phenoxy) is 1. The van der Waals surface area contributed by atoms with Gasteiger partial charge in [-0.15, -0.1) is 0 Å². The highest BCUT2D eigenvalue weighted by Crippen LogP contribution is 2.50. The lowest BCUT2D eigenvalue weighted by molar-refractivity contribution is 0.00272. The van der Waals surface area contributed by atoms with Crippen LogP contribution >= 0.6 is 0 Å². The molecule has 0 aliphatic heterocycles. The Kier molecular flexibility index (Phi) is 4.11. The third kappa shape index (κ3) is 3.36. The van der Waals surface area contributed by atoms with Crippen LogP contribution in [0.4, 0.5) is 4.79 Å². The quantitative estimate of drug-likeness (QED) is 0.732. The number of hydrogen-bond acceptors (Lipinski definition) is 2. The van der Waals surface area contributed by atoms with Crippen molar-refractivity contribution in [3.63, 3.8) is 0 Å². The minimum atomic E-state index is -0.367. The monoisotopic (exact) mass is 241 g/mol. The summed E-state index contributed by atoms with van der Waals surface area (Å²) in [4.78, 5) is 13.9. The molecule has 0 aromatic heterocycles. The molecule has 3 nitrogen and oxygen atoms in total. The Balaban J connectivity index is 2.62. The fourth-order valence-electron chi connectivity index (χ4n) is 2.27. The summed E-state index contributed by atoms with van der Waals surface area (Å²) in [7, 11) is 1.87. The largest absolute Gasteiger partial charge is 0.443 e. The second-order valence-corrected chi connectivity index (χ2v) is 6.17. The van der Waals surface area contributed by atoms with Gasteiger partial charge in [-0.3, -0.25) is 0 Å². The van der Waals surface area contributed by atoms with E-state index in [-0.39, 0.29) is 11.7 Å². The summed E-state index contributed by atoms with van der Waals surface area (Å²) >= 11 is 0. The summed E-state index contributed by atoms with van der Waals surface area (Å²) in [5, 5.41) is 0. The molecule has 1 unspecified atom stereocenters. The third-order valence-electron chi connectivity index (χ3n) is 4.20. The molecular formula is C14H27NO2. The van der Waals surface area contributed by atoms with Crippen molar-refractivity contribution in [2.24, 2.45) is 5.41 Å². The molecule has 0 aromatic rings. The topological polar surface area (TPSA) is 29.5 Å². The number of carbonyl (C=O) groups excluding carboxylic acids is 1. The Bertz CT molecular complexity index is 282. The predicted molar refractivity (Wildman–Crippen MR) is 70.0 cm³/mol. The number of amides is 1. The van der Waals surface area contributed by atoms with Crippen LogP contribution in [0.5, 0.6) is 0 Å². The normalized spacial score (nSPS) is 19.6. The maximum atomic E-state index is 12.1. The lowest BCUT2D eigenvalue weighted by Gasteiger charge is -2.34. The van der Waals surface area contributed by atoms with Crippen molar-refractivity contribution in [2.75, 3.05) is 7.05 Å². The van der Waals surface area contributed by atoms with E-state index in [9.17, 15) is 4.79 Å². The van der Waals surface area contributed by atoms with E-state index in [1.165, 1.54) is 12.8 Å². The van der Waals surface area contributed by atoms with E-state index in [4.69, 9.17) is 4.74 Å². The molecule has 3 heteroatoms. The predicted octanol–water partition coefficient (Wildman–Crippen LogP) is 3.82. The number of carbonyl (C=O) groups is 1. The molecule has 17 heavy (non-hydrogen) atoms. The highest BCUT2D eigenvalue weighted by molar-refractivity contribution is 5.68. The van der Waals surface area contributed by atoms with Crippen molar-refractivity contribution >= 4 is 6.09 Å². The average molecular weight is 241 g/mol. The van der Waals surface area contributed by atoms with E-state index in [1.54, 1.807) is 4.90 Å². The van der Waals surface area contributed by atoms with Crippen molar-refractivity contribution in [1.29, 1.82) is 0 Å². The molecule has 1 rings (SSSR count). The van der Waals surface area contributed by atoms with E-state index in [2.05, 4.69) is 13.8 Å². The zero-order valence-corrected chi connectivity index (χ0v) is 12.2. The van der Waals surface area contributed by atoms with Crippen LogP contribution in [0.2, 0.25) is 0 Å². The van der Waals surface area contributed by atoms with Gasteiger partial charge in [0.05, 0.1) is 0 Å². The Morgan fingerprint density at radius 1 is 1.41 bits per heavy atom. The first-order valence-corrected chi connectivity index (χ1v) is 6.71. The lowest BCUT2D eigenvalue weighted by atomic mass is 9.95. The zero-order valence-electron chi connectivity index (χ0n) is 12.2. The van der Waals surface area contributed by atoms with Crippen molar-refractivity contribution in [3.8, 4) is 0 Å². The molecule has 1 aliphatic rings. The van der Waals surface area contributed by atoms with Crippen LogP contribution in [0.3, 0.4) is 0 Å². The van der Waals surface area contributed by atoms with Gasteiger partial charge in [-0.2, -0.15) is 0 Å². The highest BCUT2D eigenvalue weighted by Gasteiger charge is 2.47. The fraction of sp³-hybridized carbons (Fsp3) is 0.929. The lowest BCUT2D eigenvalue weighted by Crippen LogP contribution is -2.44. The maximum absolute atomic E-state index is 12.1. The van der Waals surface area contributed by atoms with Gasteiger partial charge in [0.15, 0.2) is 0 Å². The van der Waals surface area contributed by atoms with E-state index in [1.807, 2.05) is 27.8 Å². The average Bonchev–Trinajstić information content (AvgIpc) is 2.97. The van der Waals surface area contributed by atoms with E-state index < -0.39 is 0 Å². The molecular weight excluding hydrogens is 214 g/mol. The first-order chi connectivity index (χ1) is 7.75. The second kappa shape index (κ2) is 4.87. The highest BCUT2D eigenvalue weighted by atomic mass is 16.6. The first kappa shape index (κ1) is 14.3. The molecule has 0 saturated heterocycles. The van der Waals surface area contributed by atoms with Crippen LogP contribution in [0.1, 0.15) is 60.3 Å². The Labute approximate surface area is 106 Å². The van der Waals surface area contributed by atoms with Crippen LogP contribution < -0.4 is 0 Å². The Hall–Kier alpha value is -0.730. The van der Waals surface area contributed by atoms with E-state index in [0.29, 0.717) is 11.5 Å². The van der Waals surface area contributed by atoms with Crippen molar-refractivity contribution in [3.05, 3.63) is 0 Å². The summed E-state index contributed by atoms with van der Waals surface area (Å²) in [6.07, 6.45) is 4.09. The molecule has 0 radical (unpaired) electrons. The van der Waals surface area contributed by atoms with E-state index in [0.717, 1.165) is 12.8 Å². The minimum absolute atomic E-state index is 0.183. The molecule has 0 spiro atoms. The van der Waals surface area contributed by atoms with Crippen LogP contribution in [-0.4, -0.2) is 29.7 Å². The van der Waals surface area contributed by atoms with Crippen molar-refractivity contribution in [2.45, 2.75) is 71.9 Å². The molecule has 100 valence electrons. The van der Waals surface area contributed by atoms with Crippen LogP contribution in [0, 0.1) is 5.41 Å². The van der Waals surface area contributed by atoms with Gasteiger partial charge >= 0.3 is 6.09 Å². The summed E-state index contributed by atoms with van der Waals surface area (Å²) in [6.45, 7) is 10.3. The molecule has 0 N–H and O–H groups in total. The van der Waals surface area contributed by atoms with Crippen molar-refractivity contribution in [1.82, 2.24) is 4.90 Å². The van der Waals surface area contributed by atoms with Gasteiger partial charge in [-0.05, 0) is 44.9 Å². The standard InChI is InChI=1S/C14H27NO2/c1-7-11(14(5)9-10-14)15(6)12(16)17-13(3,4)8-2/h11H,7-10H2,1-6H3. The number of hydrogen-bond donors (Lipinski definition) is 0. The molecule has 0 aromatic carbocycles. The maximum Gasteiger partial charge on any atom is 0.410 e. The molecule has 1 amide bonds. The van der Waals surface area contributed by atoms with Gasteiger partial charge in [0.2, 0.25) is 0 Å². The summed E-state index contributed by atoms with van der Waals surface area (Å²) in [5.74, 6) is 0. The molecule has 0 bridgehead atoms. The van der Waals surface area contributed by atoms with Gasteiger partial charge in [0, 0.05) is 13.1 Å². The molecule has 0 heterocycles. The van der Waals surface area contributed by atoms with Gasteiger partial charge in [-0.1, -0.05) is 20.8 Å². The summed E-state index contributed by atoms with van der Waals surface area (Å²) in [6, 6.07) is 0.308. The van der Waals surface area contributed by atoms with Gasteiger partial charge in [0.1, 0.15) is 5.60 Å². The van der Waals surface area contributed by atoms with Crippen LogP contribution in [-0.2, 0) is 4.74 Å². The summed E-state index contributed by atoms with van der Waals surface area (Å²) < 4.78 is 5.54. The smallest absolute Gasteiger partial charge is 0.410 e.